The molecule has 1 aliphatic heterocycles. The van der Waals surface area contributed by atoms with Crippen molar-refractivity contribution in [2.75, 3.05) is 26.2 Å². The summed E-state index contributed by atoms with van der Waals surface area (Å²) >= 11 is 6.09. The second-order valence-electron chi connectivity index (χ2n) is 6.49. The van der Waals surface area contributed by atoms with E-state index in [9.17, 15) is 4.79 Å². The standard InChI is InChI=1S/C22H24ClNO2/c23-21-7-2-1-6-18(21)10-13-22(25)19-8-11-20(12-9-19)26-17-5-16-24-14-3-4-15-24/h1-2,6-13H,3-5,14-17H2/b13-10+. The summed E-state index contributed by atoms with van der Waals surface area (Å²) in [5.74, 6) is 0.753. The van der Waals surface area contributed by atoms with Crippen LogP contribution in [0.3, 0.4) is 0 Å². The Morgan fingerprint density at radius 2 is 1.81 bits per heavy atom. The quantitative estimate of drug-likeness (QED) is 0.368. The van der Waals surface area contributed by atoms with Crippen molar-refractivity contribution in [2.24, 2.45) is 0 Å². The number of benzene rings is 2. The number of allylic oxidation sites excluding steroid dienone is 1. The minimum absolute atomic E-state index is 0.0505. The highest BCUT2D eigenvalue weighted by molar-refractivity contribution is 6.32. The molecule has 0 saturated carbocycles. The predicted molar refractivity (Wildman–Crippen MR) is 107 cm³/mol. The Balaban J connectivity index is 1.47. The fourth-order valence-electron chi connectivity index (χ4n) is 3.07. The summed E-state index contributed by atoms with van der Waals surface area (Å²) in [6.07, 6.45) is 6.96. The molecule has 0 amide bonds. The summed E-state index contributed by atoms with van der Waals surface area (Å²) in [6.45, 7) is 4.25. The number of likely N-dealkylation sites (tertiary alicyclic amines) is 1. The maximum Gasteiger partial charge on any atom is 0.185 e. The second kappa shape index (κ2) is 9.56. The van der Waals surface area contributed by atoms with E-state index in [2.05, 4.69) is 4.90 Å². The first-order chi connectivity index (χ1) is 12.7. The summed E-state index contributed by atoms with van der Waals surface area (Å²) in [5.41, 5.74) is 1.47. The number of rotatable bonds is 8. The van der Waals surface area contributed by atoms with Crippen molar-refractivity contribution in [2.45, 2.75) is 19.3 Å². The third-order valence-corrected chi connectivity index (χ3v) is 4.89. The molecule has 3 nitrogen and oxygen atoms in total. The molecule has 0 radical (unpaired) electrons. The third-order valence-electron chi connectivity index (χ3n) is 4.54. The van der Waals surface area contributed by atoms with Gasteiger partial charge in [0.25, 0.3) is 0 Å². The van der Waals surface area contributed by atoms with Gasteiger partial charge in [-0.15, -0.1) is 0 Å². The maximum atomic E-state index is 12.3. The van der Waals surface area contributed by atoms with E-state index >= 15 is 0 Å². The molecular formula is C22H24ClNO2. The molecule has 1 saturated heterocycles. The molecule has 0 spiro atoms. The average molecular weight is 370 g/mol. The van der Waals surface area contributed by atoms with Crippen LogP contribution in [0.25, 0.3) is 6.08 Å². The average Bonchev–Trinajstić information content (AvgIpc) is 3.18. The van der Waals surface area contributed by atoms with E-state index in [0.29, 0.717) is 17.2 Å². The molecule has 136 valence electrons. The number of hydrogen-bond donors (Lipinski definition) is 0. The van der Waals surface area contributed by atoms with Gasteiger partial charge in [-0.3, -0.25) is 4.79 Å². The third kappa shape index (κ3) is 5.45. The van der Waals surface area contributed by atoms with Crippen molar-refractivity contribution in [1.82, 2.24) is 4.90 Å². The first-order valence-electron chi connectivity index (χ1n) is 9.14. The Hall–Kier alpha value is -2.10. The number of ether oxygens (including phenoxy) is 1. The molecule has 0 bridgehead atoms. The van der Waals surface area contributed by atoms with Crippen LogP contribution >= 0.6 is 11.6 Å². The highest BCUT2D eigenvalue weighted by Crippen LogP contribution is 2.18. The van der Waals surface area contributed by atoms with Gasteiger partial charge < -0.3 is 9.64 Å². The molecule has 3 rings (SSSR count). The zero-order valence-corrected chi connectivity index (χ0v) is 15.6. The Bertz CT molecular complexity index is 749. The zero-order valence-electron chi connectivity index (χ0n) is 14.9. The molecule has 1 aliphatic rings. The molecular weight excluding hydrogens is 346 g/mol. The number of carbonyl (C=O) groups is 1. The SMILES string of the molecule is O=C(/C=C/c1ccccc1Cl)c1ccc(OCCCN2CCCC2)cc1. The molecule has 1 heterocycles. The molecule has 2 aromatic carbocycles. The number of halogens is 1. The van der Waals surface area contributed by atoms with Crippen molar-refractivity contribution in [3.8, 4) is 5.75 Å². The van der Waals surface area contributed by atoms with Crippen LogP contribution in [0, 0.1) is 0 Å². The van der Waals surface area contributed by atoms with Crippen molar-refractivity contribution in [1.29, 1.82) is 0 Å². The minimum Gasteiger partial charge on any atom is -0.494 e. The lowest BCUT2D eigenvalue weighted by Crippen LogP contribution is -2.21. The maximum absolute atomic E-state index is 12.3. The van der Waals surface area contributed by atoms with Gasteiger partial charge in [-0.05, 0) is 80.4 Å². The zero-order chi connectivity index (χ0) is 18.2. The van der Waals surface area contributed by atoms with Crippen molar-refractivity contribution in [3.05, 3.63) is 70.8 Å². The van der Waals surface area contributed by atoms with E-state index in [-0.39, 0.29) is 5.78 Å². The Morgan fingerprint density at radius 3 is 2.54 bits per heavy atom. The van der Waals surface area contributed by atoms with E-state index in [1.165, 1.54) is 25.9 Å². The van der Waals surface area contributed by atoms with Gasteiger partial charge in [0.1, 0.15) is 5.75 Å². The first kappa shape index (κ1) is 18.7. The van der Waals surface area contributed by atoms with Gasteiger partial charge in [0.05, 0.1) is 6.61 Å². The Kier molecular flexibility index (Phi) is 6.87. The van der Waals surface area contributed by atoms with Crippen LogP contribution in [0.5, 0.6) is 5.75 Å². The summed E-state index contributed by atoms with van der Waals surface area (Å²) in [7, 11) is 0. The molecule has 2 aromatic rings. The van der Waals surface area contributed by atoms with Crippen LogP contribution in [-0.2, 0) is 0 Å². The highest BCUT2D eigenvalue weighted by atomic mass is 35.5. The molecule has 1 fully saturated rings. The van der Waals surface area contributed by atoms with Crippen LogP contribution in [0.2, 0.25) is 5.02 Å². The van der Waals surface area contributed by atoms with Gasteiger partial charge in [0.15, 0.2) is 5.78 Å². The van der Waals surface area contributed by atoms with Crippen molar-refractivity contribution >= 4 is 23.5 Å². The van der Waals surface area contributed by atoms with Crippen molar-refractivity contribution < 1.29 is 9.53 Å². The summed E-state index contributed by atoms with van der Waals surface area (Å²) in [5, 5.41) is 0.634. The largest absolute Gasteiger partial charge is 0.494 e. The van der Waals surface area contributed by atoms with Crippen LogP contribution in [0.15, 0.2) is 54.6 Å². The fourth-order valence-corrected chi connectivity index (χ4v) is 3.27. The van der Waals surface area contributed by atoms with E-state index in [0.717, 1.165) is 24.3 Å². The van der Waals surface area contributed by atoms with Gasteiger partial charge in [-0.2, -0.15) is 0 Å². The van der Waals surface area contributed by atoms with Gasteiger partial charge >= 0.3 is 0 Å². The monoisotopic (exact) mass is 369 g/mol. The first-order valence-corrected chi connectivity index (χ1v) is 9.52. The fraction of sp³-hybridized carbons (Fsp3) is 0.318. The molecule has 4 heteroatoms. The predicted octanol–water partition coefficient (Wildman–Crippen LogP) is 5.10. The van der Waals surface area contributed by atoms with Crippen LogP contribution in [-0.4, -0.2) is 36.9 Å². The number of nitrogens with zero attached hydrogens (tertiary/aromatic N) is 1. The molecule has 26 heavy (non-hydrogen) atoms. The topological polar surface area (TPSA) is 29.5 Å². The van der Waals surface area contributed by atoms with E-state index < -0.39 is 0 Å². The van der Waals surface area contributed by atoms with Gasteiger partial charge in [0.2, 0.25) is 0 Å². The molecule has 0 aliphatic carbocycles. The summed E-state index contributed by atoms with van der Waals surface area (Å²) in [6, 6.07) is 14.8. The van der Waals surface area contributed by atoms with Crippen molar-refractivity contribution in [3.63, 3.8) is 0 Å². The Morgan fingerprint density at radius 1 is 1.08 bits per heavy atom. The molecule has 0 N–H and O–H groups in total. The van der Waals surface area contributed by atoms with Crippen LogP contribution in [0.1, 0.15) is 35.2 Å². The van der Waals surface area contributed by atoms with Crippen LogP contribution < -0.4 is 4.74 Å². The summed E-state index contributed by atoms with van der Waals surface area (Å²) in [4.78, 5) is 14.8. The minimum atomic E-state index is -0.0505. The molecule has 0 unspecified atom stereocenters. The normalized spacial score (nSPS) is 14.8. The van der Waals surface area contributed by atoms with E-state index in [1.54, 1.807) is 24.3 Å². The smallest absolute Gasteiger partial charge is 0.185 e. The number of hydrogen-bond acceptors (Lipinski definition) is 3. The molecule has 0 atom stereocenters. The van der Waals surface area contributed by atoms with Crippen LogP contribution in [0.4, 0.5) is 0 Å². The lowest BCUT2D eigenvalue weighted by molar-refractivity contribution is 0.104. The lowest BCUT2D eigenvalue weighted by Gasteiger charge is -2.14. The summed E-state index contributed by atoms with van der Waals surface area (Å²) < 4.78 is 5.77. The molecule has 0 aromatic heterocycles. The highest BCUT2D eigenvalue weighted by Gasteiger charge is 2.10. The second-order valence-corrected chi connectivity index (χ2v) is 6.90. The lowest BCUT2D eigenvalue weighted by atomic mass is 10.1. The Labute approximate surface area is 160 Å². The van der Waals surface area contributed by atoms with Gasteiger partial charge in [-0.25, -0.2) is 0 Å². The van der Waals surface area contributed by atoms with Gasteiger partial charge in [0, 0.05) is 17.1 Å². The number of carbonyl (C=O) groups excluding carboxylic acids is 1. The number of ketones is 1. The van der Waals surface area contributed by atoms with E-state index in [4.69, 9.17) is 16.3 Å². The van der Waals surface area contributed by atoms with Gasteiger partial charge in [-0.1, -0.05) is 29.8 Å². The van der Waals surface area contributed by atoms with E-state index in [1.807, 2.05) is 36.4 Å².